The first kappa shape index (κ1) is 21.1. The van der Waals surface area contributed by atoms with E-state index in [4.69, 9.17) is 11.6 Å². The predicted molar refractivity (Wildman–Crippen MR) is 107 cm³/mol. The number of amides is 1. The van der Waals surface area contributed by atoms with Crippen molar-refractivity contribution < 1.29 is 13.2 Å². The number of sulfonamides is 1. The molecule has 0 saturated carbocycles. The van der Waals surface area contributed by atoms with Gasteiger partial charge in [0.25, 0.3) is 15.9 Å². The quantitative estimate of drug-likeness (QED) is 0.512. The van der Waals surface area contributed by atoms with Gasteiger partial charge in [-0.3, -0.25) is 10.1 Å². The van der Waals surface area contributed by atoms with Crippen LogP contribution in [0.1, 0.15) is 31.1 Å². The summed E-state index contributed by atoms with van der Waals surface area (Å²) >= 11 is 8.40. The van der Waals surface area contributed by atoms with Crippen LogP contribution < -0.4 is 10.0 Å². The highest BCUT2D eigenvalue weighted by Gasteiger charge is 2.21. The number of nitrogens with zero attached hydrogens (tertiary/aromatic N) is 2. The summed E-state index contributed by atoms with van der Waals surface area (Å²) < 4.78 is 26.8. The minimum atomic E-state index is -3.76. The van der Waals surface area contributed by atoms with Crippen molar-refractivity contribution >= 4 is 55.8 Å². The summed E-state index contributed by atoms with van der Waals surface area (Å²) in [5.41, 5.74) is 0.270. The molecule has 0 radical (unpaired) electrons. The van der Waals surface area contributed by atoms with E-state index >= 15 is 0 Å². The number of nitrogens with one attached hydrogen (secondary N) is 2. The lowest BCUT2D eigenvalue weighted by Gasteiger charge is -2.17. The molecular weight excluding hydrogens is 416 g/mol. The SMILES string of the molecule is CC(C)(C)SCCNS(=O)(=O)c1nnc(NC(=O)c2ccccc2Cl)s1. The maximum Gasteiger partial charge on any atom is 0.269 e. The van der Waals surface area contributed by atoms with Crippen molar-refractivity contribution in [2.75, 3.05) is 17.6 Å². The van der Waals surface area contributed by atoms with Crippen LogP contribution in [0.2, 0.25) is 5.02 Å². The van der Waals surface area contributed by atoms with Gasteiger partial charge in [0.15, 0.2) is 0 Å². The highest BCUT2D eigenvalue weighted by molar-refractivity contribution is 8.00. The summed E-state index contributed by atoms with van der Waals surface area (Å²) in [6, 6.07) is 6.53. The molecule has 26 heavy (non-hydrogen) atoms. The number of rotatable bonds is 7. The number of aromatic nitrogens is 2. The van der Waals surface area contributed by atoms with Crippen molar-refractivity contribution in [1.29, 1.82) is 0 Å². The highest BCUT2D eigenvalue weighted by Crippen LogP contribution is 2.24. The summed E-state index contributed by atoms with van der Waals surface area (Å²) in [4.78, 5) is 12.2. The monoisotopic (exact) mass is 434 g/mol. The van der Waals surface area contributed by atoms with Crippen LogP contribution in [-0.2, 0) is 10.0 Å². The molecule has 1 aromatic carbocycles. The smallest absolute Gasteiger partial charge is 0.269 e. The van der Waals surface area contributed by atoms with Crippen LogP contribution in [0.15, 0.2) is 28.6 Å². The van der Waals surface area contributed by atoms with Crippen molar-refractivity contribution in [3.8, 4) is 0 Å². The first-order chi connectivity index (χ1) is 12.1. The van der Waals surface area contributed by atoms with E-state index in [9.17, 15) is 13.2 Å². The molecule has 7 nitrogen and oxygen atoms in total. The molecule has 2 rings (SSSR count). The molecule has 0 atom stereocenters. The fourth-order valence-corrected chi connectivity index (χ4v) is 4.91. The maximum atomic E-state index is 12.2. The number of hydrogen-bond acceptors (Lipinski definition) is 7. The molecule has 142 valence electrons. The van der Waals surface area contributed by atoms with Crippen LogP contribution in [0, 0.1) is 0 Å². The Kier molecular flexibility index (Phi) is 7.03. The molecule has 0 unspecified atom stereocenters. The van der Waals surface area contributed by atoms with Gasteiger partial charge in [-0.25, -0.2) is 13.1 Å². The summed E-state index contributed by atoms with van der Waals surface area (Å²) in [5.74, 6) is 0.155. The molecule has 11 heteroatoms. The van der Waals surface area contributed by atoms with Gasteiger partial charge < -0.3 is 0 Å². The Hall–Kier alpha value is -1.20. The lowest BCUT2D eigenvalue weighted by Crippen LogP contribution is -2.27. The van der Waals surface area contributed by atoms with Gasteiger partial charge in [-0.15, -0.1) is 10.2 Å². The number of benzene rings is 1. The van der Waals surface area contributed by atoms with Crippen LogP contribution in [0.4, 0.5) is 5.13 Å². The Morgan fingerprint density at radius 1 is 1.27 bits per heavy atom. The molecule has 2 aromatic rings. The van der Waals surface area contributed by atoms with Crippen LogP contribution in [-0.4, -0.2) is 41.6 Å². The first-order valence-corrected chi connectivity index (χ1v) is 11.3. The van der Waals surface area contributed by atoms with E-state index in [0.29, 0.717) is 10.8 Å². The second-order valence-electron chi connectivity index (χ2n) is 6.17. The van der Waals surface area contributed by atoms with Crippen LogP contribution in [0.25, 0.3) is 0 Å². The van der Waals surface area contributed by atoms with Crippen molar-refractivity contribution in [3.05, 3.63) is 34.9 Å². The van der Waals surface area contributed by atoms with Gasteiger partial charge in [-0.2, -0.15) is 11.8 Å². The predicted octanol–water partition coefficient (Wildman–Crippen LogP) is 3.25. The van der Waals surface area contributed by atoms with Gasteiger partial charge in [-0.1, -0.05) is 55.8 Å². The molecule has 1 heterocycles. The lowest BCUT2D eigenvalue weighted by atomic mass is 10.2. The zero-order chi connectivity index (χ0) is 19.4. The molecule has 1 amide bonds. The van der Waals surface area contributed by atoms with Crippen LogP contribution in [0.3, 0.4) is 0 Å². The normalized spacial score (nSPS) is 12.2. The Balaban J connectivity index is 1.98. The molecular formula is C15H19ClN4O3S3. The van der Waals surface area contributed by atoms with Gasteiger partial charge in [-0.05, 0) is 12.1 Å². The van der Waals surface area contributed by atoms with Gasteiger partial charge >= 0.3 is 0 Å². The number of carbonyl (C=O) groups is 1. The van der Waals surface area contributed by atoms with E-state index in [2.05, 4.69) is 41.0 Å². The largest absolute Gasteiger partial charge is 0.296 e. The Morgan fingerprint density at radius 2 is 1.96 bits per heavy atom. The third-order valence-electron chi connectivity index (χ3n) is 2.90. The van der Waals surface area contributed by atoms with E-state index in [1.807, 2.05) is 0 Å². The summed E-state index contributed by atoms with van der Waals surface area (Å²) in [6.07, 6.45) is 0. The number of anilines is 1. The molecule has 0 bridgehead atoms. The minimum Gasteiger partial charge on any atom is -0.296 e. The van der Waals surface area contributed by atoms with Crippen molar-refractivity contribution in [2.24, 2.45) is 0 Å². The molecule has 2 N–H and O–H groups in total. The van der Waals surface area contributed by atoms with E-state index in [-0.39, 0.29) is 26.3 Å². The van der Waals surface area contributed by atoms with E-state index in [0.717, 1.165) is 11.3 Å². The third-order valence-corrected chi connectivity index (χ3v) is 7.18. The molecule has 0 spiro atoms. The fourth-order valence-electron chi connectivity index (χ4n) is 1.77. The number of thioether (sulfide) groups is 1. The summed E-state index contributed by atoms with van der Waals surface area (Å²) in [6.45, 7) is 6.46. The average molecular weight is 435 g/mol. The zero-order valence-electron chi connectivity index (χ0n) is 14.4. The Morgan fingerprint density at radius 3 is 2.62 bits per heavy atom. The summed E-state index contributed by atoms with van der Waals surface area (Å²) in [5, 5.41) is 10.2. The van der Waals surface area contributed by atoms with Crippen molar-refractivity contribution in [1.82, 2.24) is 14.9 Å². The molecule has 0 aliphatic carbocycles. The number of carbonyl (C=O) groups excluding carboxylic acids is 1. The van der Waals surface area contributed by atoms with Gasteiger partial charge in [0.05, 0.1) is 10.6 Å². The molecule has 0 aliphatic rings. The molecule has 0 saturated heterocycles. The minimum absolute atomic E-state index is 0.0599. The standard InChI is InChI=1S/C15H19ClN4O3S3/c1-15(2,3)24-9-8-17-26(22,23)14-20-19-13(25-14)18-12(21)10-6-4-5-7-11(10)16/h4-7,17H,8-9H2,1-3H3,(H,18,19,21). The first-order valence-electron chi connectivity index (χ1n) is 7.61. The second-order valence-corrected chi connectivity index (χ2v) is 11.4. The Labute approximate surface area is 166 Å². The third kappa shape index (κ3) is 6.20. The van der Waals surface area contributed by atoms with E-state index in [1.54, 1.807) is 36.0 Å². The average Bonchev–Trinajstić information content (AvgIpc) is 3.00. The van der Waals surface area contributed by atoms with Crippen molar-refractivity contribution in [3.63, 3.8) is 0 Å². The molecule has 1 aromatic heterocycles. The summed E-state index contributed by atoms with van der Waals surface area (Å²) in [7, 11) is -3.76. The topological polar surface area (TPSA) is 101 Å². The van der Waals surface area contributed by atoms with E-state index in [1.165, 1.54) is 0 Å². The van der Waals surface area contributed by atoms with Crippen LogP contribution >= 0.6 is 34.7 Å². The molecule has 0 fully saturated rings. The van der Waals surface area contributed by atoms with Gasteiger partial charge in [0.1, 0.15) is 0 Å². The fraction of sp³-hybridized carbons (Fsp3) is 0.400. The Bertz CT molecular complexity index is 878. The van der Waals surface area contributed by atoms with E-state index < -0.39 is 15.9 Å². The second kappa shape index (κ2) is 8.66. The number of halogens is 1. The van der Waals surface area contributed by atoms with Crippen molar-refractivity contribution in [2.45, 2.75) is 29.9 Å². The van der Waals surface area contributed by atoms with Gasteiger partial charge in [0, 0.05) is 17.0 Å². The zero-order valence-corrected chi connectivity index (χ0v) is 17.7. The van der Waals surface area contributed by atoms with Gasteiger partial charge in [0.2, 0.25) is 9.47 Å². The maximum absolute atomic E-state index is 12.2. The highest BCUT2D eigenvalue weighted by atomic mass is 35.5. The number of hydrogen-bond donors (Lipinski definition) is 2. The molecule has 0 aliphatic heterocycles. The van der Waals surface area contributed by atoms with Crippen LogP contribution in [0.5, 0.6) is 0 Å². The lowest BCUT2D eigenvalue weighted by molar-refractivity contribution is 0.102.